The molecular weight excluding hydrogens is 364 g/mol. The predicted molar refractivity (Wildman–Crippen MR) is 112 cm³/mol. The molecular formula is C24H24N2O3. The maximum absolute atomic E-state index is 12.8. The van der Waals surface area contributed by atoms with Crippen molar-refractivity contribution in [1.29, 1.82) is 0 Å². The minimum atomic E-state index is 0.107. The van der Waals surface area contributed by atoms with Crippen molar-refractivity contribution in [3.8, 4) is 5.75 Å². The Balaban J connectivity index is 1.27. The number of ether oxygens (including phenoxy) is 1. The maximum atomic E-state index is 12.8. The highest BCUT2D eigenvalue weighted by atomic mass is 16.5. The number of benzene rings is 2. The van der Waals surface area contributed by atoms with Crippen LogP contribution < -0.4 is 4.74 Å². The van der Waals surface area contributed by atoms with E-state index in [4.69, 9.17) is 4.74 Å². The summed E-state index contributed by atoms with van der Waals surface area (Å²) in [7, 11) is 0. The number of hydrogen-bond donors (Lipinski definition) is 1. The SMILES string of the molecule is O=C(CCN1CCC(c2cc[nH]c2)C1)c1ccc2cc3c(cc2c1)C(=O)CCO3. The number of nitrogens with one attached hydrogen (secondary N) is 1. The van der Waals surface area contributed by atoms with E-state index in [0.717, 1.165) is 36.8 Å². The van der Waals surface area contributed by atoms with E-state index in [-0.39, 0.29) is 11.6 Å². The smallest absolute Gasteiger partial charge is 0.170 e. The van der Waals surface area contributed by atoms with E-state index in [1.54, 1.807) is 0 Å². The average Bonchev–Trinajstić information content (AvgIpc) is 3.42. The fourth-order valence-corrected chi connectivity index (χ4v) is 4.48. The lowest BCUT2D eigenvalue weighted by Crippen LogP contribution is -2.23. The molecule has 5 rings (SSSR count). The second kappa shape index (κ2) is 7.48. The summed E-state index contributed by atoms with van der Waals surface area (Å²) in [5, 5.41) is 1.91. The predicted octanol–water partition coefficient (Wildman–Crippen LogP) is 4.20. The molecule has 1 aromatic heterocycles. The molecule has 1 atom stereocenters. The van der Waals surface area contributed by atoms with Crippen molar-refractivity contribution in [3.63, 3.8) is 0 Å². The number of hydrogen-bond acceptors (Lipinski definition) is 4. The van der Waals surface area contributed by atoms with Crippen molar-refractivity contribution < 1.29 is 14.3 Å². The van der Waals surface area contributed by atoms with Crippen LogP contribution in [0.15, 0.2) is 48.8 Å². The Morgan fingerprint density at radius 1 is 1.17 bits per heavy atom. The van der Waals surface area contributed by atoms with Crippen molar-refractivity contribution >= 4 is 22.3 Å². The molecule has 5 nitrogen and oxygen atoms in total. The van der Waals surface area contributed by atoms with Crippen LogP contribution in [-0.2, 0) is 0 Å². The number of nitrogens with zero attached hydrogens (tertiary/aromatic N) is 1. The van der Waals surface area contributed by atoms with E-state index in [1.165, 1.54) is 5.56 Å². The monoisotopic (exact) mass is 388 g/mol. The van der Waals surface area contributed by atoms with Crippen LogP contribution in [0.4, 0.5) is 0 Å². The zero-order valence-electron chi connectivity index (χ0n) is 16.3. The van der Waals surface area contributed by atoms with Gasteiger partial charge in [0.25, 0.3) is 0 Å². The molecule has 0 aliphatic carbocycles. The fraction of sp³-hybridized carbons (Fsp3) is 0.333. The summed E-state index contributed by atoms with van der Waals surface area (Å²) in [5.74, 6) is 1.47. The van der Waals surface area contributed by atoms with Crippen LogP contribution in [0.25, 0.3) is 10.8 Å². The number of carbonyl (C=O) groups is 2. The number of fused-ring (bicyclic) bond motifs is 2. The lowest BCUT2D eigenvalue weighted by molar-refractivity contribution is 0.0932. The Labute approximate surface area is 169 Å². The molecule has 1 saturated heterocycles. The van der Waals surface area contributed by atoms with Crippen molar-refractivity contribution in [2.24, 2.45) is 0 Å². The topological polar surface area (TPSA) is 62.4 Å². The quantitative estimate of drug-likeness (QED) is 0.666. The Morgan fingerprint density at radius 2 is 2.10 bits per heavy atom. The normalized spacial score (nSPS) is 19.3. The van der Waals surface area contributed by atoms with E-state index >= 15 is 0 Å². The van der Waals surface area contributed by atoms with Gasteiger partial charge in [-0.25, -0.2) is 0 Å². The van der Waals surface area contributed by atoms with Crippen molar-refractivity contribution in [2.45, 2.75) is 25.2 Å². The molecule has 148 valence electrons. The Morgan fingerprint density at radius 3 is 2.97 bits per heavy atom. The van der Waals surface area contributed by atoms with Gasteiger partial charge in [-0.05, 0) is 59.5 Å². The number of aromatic nitrogens is 1. The molecule has 3 heterocycles. The van der Waals surface area contributed by atoms with Gasteiger partial charge in [-0.2, -0.15) is 0 Å². The minimum absolute atomic E-state index is 0.107. The van der Waals surface area contributed by atoms with Gasteiger partial charge in [0.15, 0.2) is 11.6 Å². The molecule has 2 aliphatic rings. The second-order valence-corrected chi connectivity index (χ2v) is 8.04. The first-order valence-corrected chi connectivity index (χ1v) is 10.3. The summed E-state index contributed by atoms with van der Waals surface area (Å²) >= 11 is 0. The third-order valence-electron chi connectivity index (χ3n) is 6.17. The lowest BCUT2D eigenvalue weighted by Gasteiger charge is -2.17. The number of ketones is 2. The molecule has 1 N–H and O–H groups in total. The van der Waals surface area contributed by atoms with E-state index in [9.17, 15) is 9.59 Å². The van der Waals surface area contributed by atoms with Crippen LogP contribution in [0.5, 0.6) is 5.75 Å². The molecule has 2 aromatic carbocycles. The number of likely N-dealkylation sites (tertiary alicyclic amines) is 1. The lowest BCUT2D eigenvalue weighted by atomic mass is 9.97. The number of H-pyrrole nitrogens is 1. The highest BCUT2D eigenvalue weighted by molar-refractivity contribution is 6.05. The van der Waals surface area contributed by atoms with Gasteiger partial charge in [0.1, 0.15) is 5.75 Å². The summed E-state index contributed by atoms with van der Waals surface area (Å²) in [4.78, 5) is 30.4. The van der Waals surface area contributed by atoms with Gasteiger partial charge in [0.05, 0.1) is 12.2 Å². The molecule has 2 aliphatic heterocycles. The third-order valence-corrected chi connectivity index (χ3v) is 6.17. The van der Waals surface area contributed by atoms with E-state index in [1.807, 2.05) is 36.5 Å². The van der Waals surface area contributed by atoms with E-state index in [0.29, 0.717) is 42.2 Å². The fourth-order valence-electron chi connectivity index (χ4n) is 4.48. The van der Waals surface area contributed by atoms with Crippen molar-refractivity contribution in [1.82, 2.24) is 9.88 Å². The highest BCUT2D eigenvalue weighted by Crippen LogP contribution is 2.31. The molecule has 0 spiro atoms. The van der Waals surface area contributed by atoms with Crippen LogP contribution in [0.2, 0.25) is 0 Å². The second-order valence-electron chi connectivity index (χ2n) is 8.04. The summed E-state index contributed by atoms with van der Waals surface area (Å²) in [6.45, 7) is 3.27. The van der Waals surface area contributed by atoms with Gasteiger partial charge >= 0.3 is 0 Å². The van der Waals surface area contributed by atoms with Gasteiger partial charge in [0.2, 0.25) is 0 Å². The van der Waals surface area contributed by atoms with Crippen LogP contribution >= 0.6 is 0 Å². The average molecular weight is 388 g/mol. The number of aromatic amines is 1. The van der Waals surface area contributed by atoms with E-state index < -0.39 is 0 Å². The van der Waals surface area contributed by atoms with Crippen LogP contribution in [0.3, 0.4) is 0 Å². The first kappa shape index (κ1) is 18.1. The van der Waals surface area contributed by atoms with Gasteiger partial charge in [-0.1, -0.05) is 12.1 Å². The number of carbonyl (C=O) groups excluding carboxylic acids is 2. The van der Waals surface area contributed by atoms with Crippen LogP contribution in [0.1, 0.15) is 51.5 Å². The zero-order chi connectivity index (χ0) is 19.8. The first-order chi connectivity index (χ1) is 14.2. The summed E-state index contributed by atoms with van der Waals surface area (Å²) in [6, 6.07) is 11.7. The summed E-state index contributed by atoms with van der Waals surface area (Å²) in [5.41, 5.74) is 2.69. The molecule has 0 radical (unpaired) electrons. The third kappa shape index (κ3) is 3.58. The van der Waals surface area contributed by atoms with E-state index in [2.05, 4.69) is 22.1 Å². The largest absolute Gasteiger partial charge is 0.492 e. The minimum Gasteiger partial charge on any atom is -0.492 e. The molecule has 29 heavy (non-hydrogen) atoms. The standard InChI is InChI=1S/C24H24N2O3/c27-22(5-9-26-8-4-19(15-26)18-3-7-25-14-18)17-2-1-16-13-24-21(12-20(16)11-17)23(28)6-10-29-24/h1-3,7,11-14,19,25H,4-6,8-10,15H2. The zero-order valence-corrected chi connectivity index (χ0v) is 16.3. The van der Waals surface area contributed by atoms with Gasteiger partial charge in [-0.15, -0.1) is 0 Å². The van der Waals surface area contributed by atoms with Crippen LogP contribution in [0, 0.1) is 0 Å². The molecule has 3 aromatic rings. The Hall–Kier alpha value is -2.92. The van der Waals surface area contributed by atoms with Crippen LogP contribution in [-0.4, -0.2) is 47.7 Å². The number of rotatable bonds is 5. The Kier molecular flexibility index (Phi) is 4.68. The van der Waals surface area contributed by atoms with Gasteiger partial charge in [-0.3, -0.25) is 9.59 Å². The van der Waals surface area contributed by atoms with Gasteiger partial charge < -0.3 is 14.6 Å². The molecule has 0 amide bonds. The van der Waals surface area contributed by atoms with Crippen molar-refractivity contribution in [3.05, 3.63) is 65.5 Å². The van der Waals surface area contributed by atoms with Crippen molar-refractivity contribution in [2.75, 3.05) is 26.2 Å². The molecule has 0 bridgehead atoms. The Bertz CT molecular complexity index is 1070. The molecule has 1 unspecified atom stereocenters. The summed E-state index contributed by atoms with van der Waals surface area (Å²) in [6.07, 6.45) is 6.11. The molecule has 0 saturated carbocycles. The number of Topliss-reactive ketones (excluding diaryl/α,β-unsaturated/α-hetero) is 2. The van der Waals surface area contributed by atoms with Gasteiger partial charge in [0, 0.05) is 43.9 Å². The highest BCUT2D eigenvalue weighted by Gasteiger charge is 2.24. The first-order valence-electron chi connectivity index (χ1n) is 10.3. The summed E-state index contributed by atoms with van der Waals surface area (Å²) < 4.78 is 5.62. The molecule has 5 heteroatoms. The molecule has 1 fully saturated rings. The maximum Gasteiger partial charge on any atom is 0.170 e.